The molecule has 0 fully saturated rings. The number of thiophene rings is 1. The van der Waals surface area contributed by atoms with Gasteiger partial charge in [0, 0.05) is 14.4 Å². The summed E-state index contributed by atoms with van der Waals surface area (Å²) in [4.78, 5) is 1.18. The van der Waals surface area contributed by atoms with Crippen LogP contribution in [0.15, 0.2) is 34.1 Å². The standard InChI is InChI=1S/C12H11BrClNS/c1-7-4-5-16-12(7)11(15)9-6-8(14)2-3-10(9)13/h2-6,11H,15H2,1H3. The van der Waals surface area contributed by atoms with Gasteiger partial charge in [-0.05, 0) is 47.7 Å². The van der Waals surface area contributed by atoms with Crippen LogP contribution >= 0.6 is 38.9 Å². The van der Waals surface area contributed by atoms with Gasteiger partial charge in [-0.2, -0.15) is 0 Å². The van der Waals surface area contributed by atoms with Crippen molar-refractivity contribution < 1.29 is 0 Å². The topological polar surface area (TPSA) is 26.0 Å². The van der Waals surface area contributed by atoms with E-state index in [1.807, 2.05) is 18.2 Å². The first-order chi connectivity index (χ1) is 7.59. The van der Waals surface area contributed by atoms with Gasteiger partial charge in [0.15, 0.2) is 0 Å². The Morgan fingerprint density at radius 3 is 2.75 bits per heavy atom. The average Bonchev–Trinajstić information content (AvgIpc) is 2.67. The van der Waals surface area contributed by atoms with Crippen molar-refractivity contribution in [2.75, 3.05) is 0 Å². The van der Waals surface area contributed by atoms with Crippen LogP contribution in [0.4, 0.5) is 0 Å². The molecule has 16 heavy (non-hydrogen) atoms. The van der Waals surface area contributed by atoms with Crippen molar-refractivity contribution in [1.82, 2.24) is 0 Å². The molecule has 0 aliphatic rings. The minimum absolute atomic E-state index is 0.118. The van der Waals surface area contributed by atoms with Crippen LogP contribution in [0, 0.1) is 6.92 Å². The fraction of sp³-hybridized carbons (Fsp3) is 0.167. The van der Waals surface area contributed by atoms with Crippen molar-refractivity contribution in [3.05, 3.63) is 55.1 Å². The SMILES string of the molecule is Cc1ccsc1C(N)c1cc(Cl)ccc1Br. The number of hydrogen-bond acceptors (Lipinski definition) is 2. The molecule has 1 aromatic carbocycles. The average molecular weight is 317 g/mol. The predicted octanol–water partition coefficient (Wildman–Crippen LogP) is 4.52. The number of rotatable bonds is 2. The lowest BCUT2D eigenvalue weighted by Crippen LogP contribution is -2.12. The van der Waals surface area contributed by atoms with E-state index in [4.69, 9.17) is 17.3 Å². The Kier molecular flexibility index (Phi) is 3.70. The molecule has 1 nitrogen and oxygen atoms in total. The molecule has 1 heterocycles. The fourth-order valence-corrected chi connectivity index (χ4v) is 3.22. The molecule has 84 valence electrons. The van der Waals surface area contributed by atoms with Crippen LogP contribution < -0.4 is 5.73 Å². The van der Waals surface area contributed by atoms with Crippen LogP contribution in [0.5, 0.6) is 0 Å². The first-order valence-electron chi connectivity index (χ1n) is 4.84. The minimum Gasteiger partial charge on any atom is -0.320 e. The Balaban J connectivity index is 2.45. The van der Waals surface area contributed by atoms with Gasteiger partial charge in [0.1, 0.15) is 0 Å². The lowest BCUT2D eigenvalue weighted by molar-refractivity contribution is 0.879. The zero-order valence-electron chi connectivity index (χ0n) is 8.71. The number of halogens is 2. The Hall–Kier alpha value is -0.350. The van der Waals surface area contributed by atoms with Crippen molar-refractivity contribution in [3.8, 4) is 0 Å². The highest BCUT2D eigenvalue weighted by atomic mass is 79.9. The largest absolute Gasteiger partial charge is 0.320 e. The smallest absolute Gasteiger partial charge is 0.0660 e. The van der Waals surface area contributed by atoms with Gasteiger partial charge >= 0.3 is 0 Å². The summed E-state index contributed by atoms with van der Waals surface area (Å²) < 4.78 is 0.997. The van der Waals surface area contributed by atoms with Crippen LogP contribution in [-0.2, 0) is 0 Å². The summed E-state index contributed by atoms with van der Waals surface area (Å²) in [6.45, 7) is 2.07. The van der Waals surface area contributed by atoms with E-state index in [0.29, 0.717) is 5.02 Å². The summed E-state index contributed by atoms with van der Waals surface area (Å²) in [6.07, 6.45) is 0. The van der Waals surface area contributed by atoms with Crippen LogP contribution in [0.25, 0.3) is 0 Å². The maximum atomic E-state index is 6.25. The maximum Gasteiger partial charge on any atom is 0.0660 e. The molecule has 0 amide bonds. The van der Waals surface area contributed by atoms with E-state index in [9.17, 15) is 0 Å². The molecule has 1 aromatic heterocycles. The van der Waals surface area contributed by atoms with E-state index in [1.165, 1.54) is 10.4 Å². The van der Waals surface area contributed by atoms with Crippen LogP contribution in [-0.4, -0.2) is 0 Å². The zero-order valence-corrected chi connectivity index (χ0v) is 11.9. The van der Waals surface area contributed by atoms with Gasteiger partial charge < -0.3 is 5.73 Å². The number of benzene rings is 1. The molecule has 2 aromatic rings. The summed E-state index contributed by atoms with van der Waals surface area (Å²) in [6, 6.07) is 7.66. The monoisotopic (exact) mass is 315 g/mol. The van der Waals surface area contributed by atoms with Gasteiger partial charge in [0.25, 0.3) is 0 Å². The Bertz CT molecular complexity index is 509. The normalized spacial score (nSPS) is 12.8. The molecule has 0 bridgehead atoms. The molecule has 4 heteroatoms. The van der Waals surface area contributed by atoms with Crippen LogP contribution in [0.1, 0.15) is 22.0 Å². The van der Waals surface area contributed by atoms with Gasteiger partial charge in [0.05, 0.1) is 6.04 Å². The Labute approximate surface area is 112 Å². The number of aryl methyl sites for hydroxylation is 1. The van der Waals surface area contributed by atoms with E-state index >= 15 is 0 Å². The molecule has 1 atom stereocenters. The highest BCUT2D eigenvalue weighted by molar-refractivity contribution is 9.10. The summed E-state index contributed by atoms with van der Waals surface area (Å²) in [5.41, 5.74) is 8.51. The zero-order chi connectivity index (χ0) is 11.7. The van der Waals surface area contributed by atoms with E-state index in [-0.39, 0.29) is 6.04 Å². The van der Waals surface area contributed by atoms with E-state index in [2.05, 4.69) is 34.3 Å². The predicted molar refractivity (Wildman–Crippen MR) is 74.2 cm³/mol. The molecule has 0 aliphatic heterocycles. The molecule has 2 rings (SSSR count). The van der Waals surface area contributed by atoms with Gasteiger partial charge in [-0.25, -0.2) is 0 Å². The van der Waals surface area contributed by atoms with Crippen molar-refractivity contribution >= 4 is 38.9 Å². The molecular formula is C12H11BrClNS. The van der Waals surface area contributed by atoms with Crippen molar-refractivity contribution in [2.45, 2.75) is 13.0 Å². The summed E-state index contributed by atoms with van der Waals surface area (Å²) in [5, 5.41) is 2.77. The molecule has 1 unspecified atom stereocenters. The molecule has 0 saturated carbocycles. The van der Waals surface area contributed by atoms with Crippen LogP contribution in [0.3, 0.4) is 0 Å². The first kappa shape index (κ1) is 12.1. The van der Waals surface area contributed by atoms with Gasteiger partial charge in [-0.1, -0.05) is 27.5 Å². The van der Waals surface area contributed by atoms with Gasteiger partial charge in [-0.3, -0.25) is 0 Å². The lowest BCUT2D eigenvalue weighted by Gasteiger charge is -2.14. The number of nitrogens with two attached hydrogens (primary N) is 1. The third-order valence-corrected chi connectivity index (χ3v) is 4.54. The lowest BCUT2D eigenvalue weighted by atomic mass is 10.0. The molecule has 0 saturated heterocycles. The minimum atomic E-state index is -0.118. The van der Waals surface area contributed by atoms with Crippen molar-refractivity contribution in [2.24, 2.45) is 5.73 Å². The number of hydrogen-bond donors (Lipinski definition) is 1. The second-order valence-corrected chi connectivity index (χ2v) is 5.85. The summed E-state index contributed by atoms with van der Waals surface area (Å²) in [7, 11) is 0. The van der Waals surface area contributed by atoms with E-state index in [1.54, 1.807) is 11.3 Å². The molecule has 0 aliphatic carbocycles. The first-order valence-corrected chi connectivity index (χ1v) is 6.89. The third-order valence-electron chi connectivity index (χ3n) is 2.48. The Morgan fingerprint density at radius 2 is 2.12 bits per heavy atom. The second-order valence-electron chi connectivity index (χ2n) is 3.61. The molecule has 2 N–H and O–H groups in total. The maximum absolute atomic E-state index is 6.25. The second kappa shape index (κ2) is 4.88. The van der Waals surface area contributed by atoms with Crippen LogP contribution in [0.2, 0.25) is 5.02 Å². The quantitative estimate of drug-likeness (QED) is 0.866. The summed E-state index contributed by atoms with van der Waals surface area (Å²) in [5.74, 6) is 0. The third kappa shape index (κ3) is 2.33. The fourth-order valence-electron chi connectivity index (χ4n) is 1.60. The van der Waals surface area contributed by atoms with E-state index in [0.717, 1.165) is 10.0 Å². The van der Waals surface area contributed by atoms with E-state index < -0.39 is 0 Å². The molecular weight excluding hydrogens is 306 g/mol. The van der Waals surface area contributed by atoms with Crippen molar-refractivity contribution in [3.63, 3.8) is 0 Å². The highest BCUT2D eigenvalue weighted by Crippen LogP contribution is 2.33. The van der Waals surface area contributed by atoms with Gasteiger partial charge in [-0.15, -0.1) is 11.3 Å². The Morgan fingerprint density at radius 1 is 1.38 bits per heavy atom. The molecule has 0 radical (unpaired) electrons. The van der Waals surface area contributed by atoms with Gasteiger partial charge in [0.2, 0.25) is 0 Å². The highest BCUT2D eigenvalue weighted by Gasteiger charge is 2.15. The molecule has 0 spiro atoms. The summed E-state index contributed by atoms with van der Waals surface area (Å²) >= 11 is 11.2. The van der Waals surface area contributed by atoms with Crippen molar-refractivity contribution in [1.29, 1.82) is 0 Å².